The predicted molar refractivity (Wildman–Crippen MR) is 73.3 cm³/mol. The SMILES string of the molecule is Brc1ccc([Te]c2ccc(Br)cc2)cc1. The van der Waals surface area contributed by atoms with Crippen molar-refractivity contribution < 1.29 is 0 Å². The van der Waals surface area contributed by atoms with E-state index in [4.69, 9.17) is 0 Å². The Morgan fingerprint density at radius 2 is 0.933 bits per heavy atom. The summed E-state index contributed by atoms with van der Waals surface area (Å²) in [5, 5.41) is 0. The summed E-state index contributed by atoms with van der Waals surface area (Å²) in [6, 6.07) is 17.3. The van der Waals surface area contributed by atoms with Crippen LogP contribution in [0.2, 0.25) is 0 Å². The zero-order valence-corrected chi connectivity index (χ0v) is 13.3. The summed E-state index contributed by atoms with van der Waals surface area (Å²) in [5.74, 6) is 0. The summed E-state index contributed by atoms with van der Waals surface area (Å²) in [6.07, 6.45) is 0. The molecule has 0 aromatic heterocycles. The van der Waals surface area contributed by atoms with Crippen LogP contribution in [0, 0.1) is 0 Å². The molecule has 0 saturated heterocycles. The minimum atomic E-state index is -0.225. The van der Waals surface area contributed by atoms with E-state index in [1.807, 2.05) is 0 Å². The molecule has 0 aliphatic carbocycles. The van der Waals surface area contributed by atoms with Gasteiger partial charge in [-0.05, 0) is 0 Å². The first-order valence-corrected chi connectivity index (χ1v) is 8.35. The van der Waals surface area contributed by atoms with E-state index in [1.54, 1.807) is 0 Å². The van der Waals surface area contributed by atoms with Crippen molar-refractivity contribution in [2.45, 2.75) is 0 Å². The molecule has 0 aliphatic heterocycles. The Labute approximate surface area is 116 Å². The normalized spacial score (nSPS) is 10.3. The fourth-order valence-electron chi connectivity index (χ4n) is 1.14. The first kappa shape index (κ1) is 11.7. The van der Waals surface area contributed by atoms with Crippen molar-refractivity contribution in [1.29, 1.82) is 0 Å². The molecule has 2 aromatic carbocycles. The summed E-state index contributed by atoms with van der Waals surface area (Å²) < 4.78 is 5.22. The van der Waals surface area contributed by atoms with Gasteiger partial charge in [-0.15, -0.1) is 0 Å². The van der Waals surface area contributed by atoms with Crippen LogP contribution < -0.4 is 7.22 Å². The average molecular weight is 440 g/mol. The van der Waals surface area contributed by atoms with Gasteiger partial charge in [0.2, 0.25) is 0 Å². The van der Waals surface area contributed by atoms with Crippen LogP contribution in [0.25, 0.3) is 0 Å². The second-order valence-electron chi connectivity index (χ2n) is 3.01. The fourth-order valence-corrected chi connectivity index (χ4v) is 4.00. The fraction of sp³-hybridized carbons (Fsp3) is 0. The van der Waals surface area contributed by atoms with Crippen LogP contribution in [0.3, 0.4) is 0 Å². The van der Waals surface area contributed by atoms with E-state index in [2.05, 4.69) is 80.4 Å². The van der Waals surface area contributed by atoms with E-state index >= 15 is 0 Å². The topological polar surface area (TPSA) is 0 Å². The molecule has 0 amide bonds. The second kappa shape index (κ2) is 5.50. The standard InChI is InChI=1S/C12H8Br2Te/c13-9-1-5-11(6-2-9)15-12-7-3-10(14)4-8-12/h1-8H. The van der Waals surface area contributed by atoms with E-state index < -0.39 is 0 Å². The molecular weight excluding hydrogens is 432 g/mol. The quantitative estimate of drug-likeness (QED) is 0.632. The van der Waals surface area contributed by atoms with Crippen molar-refractivity contribution in [1.82, 2.24) is 0 Å². The molecule has 0 unspecified atom stereocenters. The van der Waals surface area contributed by atoms with Crippen LogP contribution in [0.4, 0.5) is 0 Å². The second-order valence-corrected chi connectivity index (χ2v) is 8.11. The Kier molecular flexibility index (Phi) is 4.28. The van der Waals surface area contributed by atoms with E-state index in [1.165, 1.54) is 7.22 Å². The third-order valence-corrected chi connectivity index (χ3v) is 5.82. The average Bonchev–Trinajstić information content (AvgIpc) is 2.25. The van der Waals surface area contributed by atoms with Gasteiger partial charge in [0, 0.05) is 0 Å². The third kappa shape index (κ3) is 3.60. The Bertz CT molecular complexity index is 391. The summed E-state index contributed by atoms with van der Waals surface area (Å²) in [6.45, 7) is 0. The first-order valence-electron chi connectivity index (χ1n) is 4.43. The van der Waals surface area contributed by atoms with Gasteiger partial charge < -0.3 is 0 Å². The van der Waals surface area contributed by atoms with Crippen LogP contribution in [0.15, 0.2) is 57.5 Å². The molecule has 0 atom stereocenters. The molecule has 0 radical (unpaired) electrons. The van der Waals surface area contributed by atoms with Gasteiger partial charge in [-0.2, -0.15) is 0 Å². The maximum absolute atomic E-state index is 3.45. The predicted octanol–water partition coefficient (Wildman–Crippen LogP) is 2.87. The van der Waals surface area contributed by atoms with Crippen molar-refractivity contribution in [3.8, 4) is 0 Å². The molecule has 0 bridgehead atoms. The van der Waals surface area contributed by atoms with E-state index in [0.29, 0.717) is 0 Å². The number of rotatable bonds is 2. The van der Waals surface area contributed by atoms with E-state index in [0.717, 1.165) is 8.95 Å². The Morgan fingerprint density at radius 3 is 1.27 bits per heavy atom. The van der Waals surface area contributed by atoms with Crippen molar-refractivity contribution in [3.05, 3.63) is 57.5 Å². The van der Waals surface area contributed by atoms with Crippen LogP contribution in [-0.2, 0) is 0 Å². The van der Waals surface area contributed by atoms with Gasteiger partial charge in [-0.1, -0.05) is 0 Å². The molecular formula is C12H8Br2Te. The Balaban J connectivity index is 2.15. The summed E-state index contributed by atoms with van der Waals surface area (Å²) in [4.78, 5) is 0. The molecule has 2 aromatic rings. The van der Waals surface area contributed by atoms with E-state index in [9.17, 15) is 0 Å². The molecule has 0 heterocycles. The Morgan fingerprint density at radius 1 is 0.600 bits per heavy atom. The van der Waals surface area contributed by atoms with Crippen LogP contribution >= 0.6 is 31.9 Å². The monoisotopic (exact) mass is 440 g/mol. The van der Waals surface area contributed by atoms with Gasteiger partial charge in [0.15, 0.2) is 0 Å². The van der Waals surface area contributed by atoms with Gasteiger partial charge in [-0.3, -0.25) is 0 Å². The van der Waals surface area contributed by atoms with E-state index in [-0.39, 0.29) is 20.9 Å². The van der Waals surface area contributed by atoms with Gasteiger partial charge in [-0.25, -0.2) is 0 Å². The van der Waals surface area contributed by atoms with Crippen molar-refractivity contribution in [2.75, 3.05) is 0 Å². The molecule has 0 fully saturated rings. The van der Waals surface area contributed by atoms with Crippen molar-refractivity contribution in [2.24, 2.45) is 0 Å². The van der Waals surface area contributed by atoms with Crippen LogP contribution in [0.1, 0.15) is 0 Å². The number of hydrogen-bond donors (Lipinski definition) is 0. The van der Waals surface area contributed by atoms with Crippen LogP contribution in [-0.4, -0.2) is 20.9 Å². The maximum atomic E-state index is 3.45. The van der Waals surface area contributed by atoms with Crippen molar-refractivity contribution >= 4 is 60.0 Å². The Hall–Kier alpha value is 0.190. The molecule has 76 valence electrons. The zero-order chi connectivity index (χ0) is 10.7. The van der Waals surface area contributed by atoms with Crippen LogP contribution in [0.5, 0.6) is 0 Å². The van der Waals surface area contributed by atoms with Gasteiger partial charge in [0.05, 0.1) is 0 Å². The number of hydrogen-bond acceptors (Lipinski definition) is 0. The van der Waals surface area contributed by atoms with Crippen molar-refractivity contribution in [3.63, 3.8) is 0 Å². The molecule has 15 heavy (non-hydrogen) atoms. The van der Waals surface area contributed by atoms with Gasteiger partial charge >= 0.3 is 117 Å². The minimum absolute atomic E-state index is 0.225. The molecule has 0 saturated carbocycles. The molecule has 0 aliphatic rings. The molecule has 0 nitrogen and oxygen atoms in total. The molecule has 0 spiro atoms. The van der Waals surface area contributed by atoms with Gasteiger partial charge in [0.25, 0.3) is 0 Å². The number of halogens is 2. The number of benzene rings is 2. The first-order chi connectivity index (χ1) is 7.24. The molecule has 0 N–H and O–H groups in total. The summed E-state index contributed by atoms with van der Waals surface area (Å²) in [5.41, 5.74) is 0. The molecule has 2 rings (SSSR count). The summed E-state index contributed by atoms with van der Waals surface area (Å²) in [7, 11) is 0. The third-order valence-electron chi connectivity index (χ3n) is 1.86. The van der Waals surface area contributed by atoms with Gasteiger partial charge in [0.1, 0.15) is 0 Å². The zero-order valence-electron chi connectivity index (χ0n) is 7.78. The summed E-state index contributed by atoms with van der Waals surface area (Å²) >= 11 is 6.67. The molecule has 3 heteroatoms.